The van der Waals surface area contributed by atoms with Crippen LogP contribution in [-0.4, -0.2) is 11.6 Å². The van der Waals surface area contributed by atoms with Crippen LogP contribution in [0.4, 0.5) is 0 Å². The monoisotopic (exact) mass is 213 g/mol. The molecule has 1 aromatic rings. The molecule has 0 fully saturated rings. The average molecular weight is 213 g/mol. The van der Waals surface area contributed by atoms with Crippen LogP contribution in [0.25, 0.3) is 0 Å². The summed E-state index contributed by atoms with van der Waals surface area (Å²) in [6, 6.07) is 0. The van der Waals surface area contributed by atoms with Gasteiger partial charge >= 0.3 is 0 Å². The van der Waals surface area contributed by atoms with Crippen molar-refractivity contribution in [1.29, 1.82) is 0 Å². The molecule has 14 heavy (non-hydrogen) atoms. The van der Waals surface area contributed by atoms with E-state index in [0.29, 0.717) is 12.5 Å². The van der Waals surface area contributed by atoms with Crippen molar-refractivity contribution in [2.45, 2.75) is 40.2 Å². The zero-order valence-electron chi connectivity index (χ0n) is 9.25. The second kappa shape index (κ2) is 6.14. The van der Waals surface area contributed by atoms with Crippen molar-refractivity contribution in [1.82, 2.24) is 4.98 Å². The molecule has 1 unspecified atom stereocenters. The van der Waals surface area contributed by atoms with Crippen LogP contribution in [0.3, 0.4) is 0 Å². The molecule has 0 radical (unpaired) electrons. The lowest BCUT2D eigenvalue weighted by molar-refractivity contribution is 0.0874. The highest BCUT2D eigenvalue weighted by molar-refractivity contribution is 7.09. The van der Waals surface area contributed by atoms with Gasteiger partial charge in [0.25, 0.3) is 0 Å². The van der Waals surface area contributed by atoms with Gasteiger partial charge in [0, 0.05) is 12.0 Å². The highest BCUT2D eigenvalue weighted by Gasteiger charge is 2.02. The molecular weight excluding hydrogens is 194 g/mol. The van der Waals surface area contributed by atoms with E-state index in [1.807, 2.05) is 6.92 Å². The van der Waals surface area contributed by atoms with Crippen molar-refractivity contribution in [3.05, 3.63) is 16.1 Å². The number of hydrogen-bond donors (Lipinski definition) is 0. The van der Waals surface area contributed by atoms with Crippen LogP contribution < -0.4 is 0 Å². The molecule has 1 rings (SSSR count). The molecule has 0 saturated heterocycles. The van der Waals surface area contributed by atoms with Crippen LogP contribution >= 0.6 is 11.3 Å². The number of hydrogen-bond acceptors (Lipinski definition) is 3. The Labute approximate surface area is 90.3 Å². The highest BCUT2D eigenvalue weighted by atomic mass is 32.1. The van der Waals surface area contributed by atoms with E-state index >= 15 is 0 Å². The summed E-state index contributed by atoms with van der Waals surface area (Å²) in [5.74, 6) is 0.666. The summed E-state index contributed by atoms with van der Waals surface area (Å²) in [6.45, 7) is 7.98. The van der Waals surface area contributed by atoms with E-state index in [1.165, 1.54) is 12.8 Å². The van der Waals surface area contributed by atoms with Crippen LogP contribution in [0.2, 0.25) is 0 Å². The molecule has 3 heteroatoms. The maximum atomic E-state index is 5.59. The lowest BCUT2D eigenvalue weighted by atomic mass is 10.1. The van der Waals surface area contributed by atoms with E-state index in [9.17, 15) is 0 Å². The Kier molecular flexibility index (Phi) is 5.12. The minimum absolute atomic E-state index is 0.665. The van der Waals surface area contributed by atoms with Crippen LogP contribution in [0.5, 0.6) is 0 Å². The van der Waals surface area contributed by atoms with Gasteiger partial charge in [0.1, 0.15) is 0 Å². The second-order valence-electron chi connectivity index (χ2n) is 3.77. The fraction of sp³-hybridized carbons (Fsp3) is 0.727. The zero-order chi connectivity index (χ0) is 10.4. The third-order valence-electron chi connectivity index (χ3n) is 2.10. The van der Waals surface area contributed by atoms with E-state index in [0.717, 1.165) is 17.3 Å². The van der Waals surface area contributed by atoms with E-state index < -0.39 is 0 Å². The largest absolute Gasteiger partial charge is 0.375 e. The van der Waals surface area contributed by atoms with E-state index in [1.54, 1.807) is 11.3 Å². The molecule has 0 aliphatic rings. The zero-order valence-corrected chi connectivity index (χ0v) is 10.1. The maximum Gasteiger partial charge on any atom is 0.0898 e. The van der Waals surface area contributed by atoms with Gasteiger partial charge in [-0.25, -0.2) is 4.98 Å². The number of aryl methyl sites for hydroxylation is 1. The second-order valence-corrected chi connectivity index (χ2v) is 4.83. The van der Waals surface area contributed by atoms with Crippen LogP contribution in [-0.2, 0) is 11.3 Å². The lowest BCUT2D eigenvalue weighted by Crippen LogP contribution is -2.05. The first-order valence-corrected chi connectivity index (χ1v) is 6.09. The molecule has 0 saturated carbocycles. The van der Waals surface area contributed by atoms with E-state index in [-0.39, 0.29) is 0 Å². The summed E-state index contributed by atoms with van der Waals surface area (Å²) in [5, 5.41) is 3.19. The van der Waals surface area contributed by atoms with Crippen LogP contribution in [0.15, 0.2) is 5.38 Å². The van der Waals surface area contributed by atoms with Gasteiger partial charge in [0.15, 0.2) is 0 Å². The number of rotatable bonds is 6. The topological polar surface area (TPSA) is 22.1 Å². The summed E-state index contributed by atoms with van der Waals surface area (Å²) >= 11 is 1.68. The van der Waals surface area contributed by atoms with Crippen molar-refractivity contribution < 1.29 is 4.74 Å². The van der Waals surface area contributed by atoms with Crippen molar-refractivity contribution in [3.8, 4) is 0 Å². The normalized spacial score (nSPS) is 13.1. The number of ether oxygens (including phenoxy) is 1. The van der Waals surface area contributed by atoms with Crippen LogP contribution in [0.1, 0.15) is 37.4 Å². The molecule has 1 aromatic heterocycles. The van der Waals surface area contributed by atoms with E-state index in [2.05, 4.69) is 24.2 Å². The molecule has 0 N–H and O–H groups in total. The molecule has 0 spiro atoms. The predicted octanol–water partition coefficient (Wildman–Crippen LogP) is 3.40. The van der Waals surface area contributed by atoms with Crippen molar-refractivity contribution in [3.63, 3.8) is 0 Å². The Morgan fingerprint density at radius 1 is 1.57 bits per heavy atom. The summed E-state index contributed by atoms with van der Waals surface area (Å²) in [5.41, 5.74) is 1.07. The van der Waals surface area contributed by atoms with E-state index in [4.69, 9.17) is 4.74 Å². The number of aromatic nitrogens is 1. The van der Waals surface area contributed by atoms with Gasteiger partial charge in [-0.05, 0) is 19.3 Å². The molecule has 1 heterocycles. The quantitative estimate of drug-likeness (QED) is 0.722. The smallest absolute Gasteiger partial charge is 0.0898 e. The van der Waals surface area contributed by atoms with Crippen molar-refractivity contribution >= 4 is 11.3 Å². The Balaban J connectivity index is 2.15. The van der Waals surface area contributed by atoms with Gasteiger partial charge in [-0.2, -0.15) is 0 Å². The Morgan fingerprint density at radius 3 is 2.93 bits per heavy atom. The fourth-order valence-corrected chi connectivity index (χ4v) is 2.01. The van der Waals surface area contributed by atoms with Gasteiger partial charge in [0.05, 0.1) is 17.3 Å². The third-order valence-corrected chi connectivity index (χ3v) is 2.92. The third kappa shape index (κ3) is 4.20. The summed E-state index contributed by atoms with van der Waals surface area (Å²) in [7, 11) is 0. The SMILES string of the molecule is CCCC(C)COCc1csc(C)n1. The van der Waals surface area contributed by atoms with Crippen molar-refractivity contribution in [2.75, 3.05) is 6.61 Å². The highest BCUT2D eigenvalue weighted by Crippen LogP contribution is 2.10. The fourth-order valence-electron chi connectivity index (χ4n) is 1.42. The first-order valence-electron chi connectivity index (χ1n) is 5.21. The lowest BCUT2D eigenvalue weighted by Gasteiger charge is -2.09. The van der Waals surface area contributed by atoms with Gasteiger partial charge < -0.3 is 4.74 Å². The number of thiazole rings is 1. The van der Waals surface area contributed by atoms with Crippen LogP contribution in [0, 0.1) is 12.8 Å². The Bertz CT molecular complexity index is 260. The van der Waals surface area contributed by atoms with Crippen molar-refractivity contribution in [2.24, 2.45) is 5.92 Å². The molecule has 0 aromatic carbocycles. The molecule has 0 bridgehead atoms. The minimum Gasteiger partial charge on any atom is -0.375 e. The minimum atomic E-state index is 0.665. The molecule has 0 amide bonds. The molecule has 80 valence electrons. The summed E-state index contributed by atoms with van der Waals surface area (Å²) in [6.07, 6.45) is 2.48. The number of nitrogens with zero attached hydrogens (tertiary/aromatic N) is 1. The Morgan fingerprint density at radius 2 is 2.36 bits per heavy atom. The molecular formula is C11H19NOS. The van der Waals surface area contributed by atoms with Gasteiger partial charge in [-0.1, -0.05) is 20.3 Å². The summed E-state index contributed by atoms with van der Waals surface area (Å²) < 4.78 is 5.59. The first kappa shape index (κ1) is 11.7. The maximum absolute atomic E-state index is 5.59. The Hall–Kier alpha value is -0.410. The molecule has 0 aliphatic heterocycles. The molecule has 1 atom stereocenters. The average Bonchev–Trinajstić information content (AvgIpc) is 2.52. The first-order chi connectivity index (χ1) is 6.72. The standard InChI is InChI=1S/C11H19NOS/c1-4-5-9(2)6-13-7-11-8-14-10(3)12-11/h8-9H,4-7H2,1-3H3. The van der Waals surface area contributed by atoms with Gasteiger partial charge in [-0.15, -0.1) is 11.3 Å². The van der Waals surface area contributed by atoms with Gasteiger partial charge in [0.2, 0.25) is 0 Å². The molecule has 0 aliphatic carbocycles. The van der Waals surface area contributed by atoms with Gasteiger partial charge in [-0.3, -0.25) is 0 Å². The predicted molar refractivity (Wildman–Crippen MR) is 60.6 cm³/mol. The summed E-state index contributed by atoms with van der Waals surface area (Å²) in [4.78, 5) is 4.35. The molecule has 2 nitrogen and oxygen atoms in total.